The fourth-order valence-corrected chi connectivity index (χ4v) is 7.21. The van der Waals surface area contributed by atoms with E-state index in [9.17, 15) is 17.6 Å². The molecule has 8 heteroatoms. The van der Waals surface area contributed by atoms with E-state index in [0.717, 1.165) is 0 Å². The molecule has 0 unspecified atom stereocenters. The summed E-state index contributed by atoms with van der Waals surface area (Å²) in [4.78, 5) is 18.5. The number of sulfone groups is 1. The number of carbonyl (C=O) groups is 1. The summed E-state index contributed by atoms with van der Waals surface area (Å²) in [5, 5.41) is 0.372. The number of carbonyl (C=O) groups excluding carboxylic acids is 1. The molecule has 2 fully saturated rings. The Morgan fingerprint density at radius 2 is 1.92 bits per heavy atom. The average Bonchev–Trinajstić information content (AvgIpc) is 3.00. The Morgan fingerprint density at radius 1 is 1.28 bits per heavy atom. The summed E-state index contributed by atoms with van der Waals surface area (Å²) in [6.45, 7) is 3.90. The quantitative estimate of drug-likeness (QED) is 0.799. The fourth-order valence-electron chi connectivity index (χ4n) is 3.29. The summed E-state index contributed by atoms with van der Waals surface area (Å²) >= 11 is 1.34. The van der Waals surface area contributed by atoms with Crippen LogP contribution in [0, 0.1) is 11.7 Å². The maximum absolute atomic E-state index is 13.3. The Morgan fingerprint density at radius 3 is 2.52 bits per heavy atom. The number of fused-ring (bicyclic) bond motifs is 1. The van der Waals surface area contributed by atoms with E-state index in [-0.39, 0.29) is 40.4 Å². The van der Waals surface area contributed by atoms with Crippen molar-refractivity contribution in [1.82, 2.24) is 0 Å². The molecule has 2 atom stereocenters. The summed E-state index contributed by atoms with van der Waals surface area (Å²) in [5.74, 6) is -0.564. The van der Waals surface area contributed by atoms with Gasteiger partial charge in [0.1, 0.15) is 5.82 Å². The molecule has 5 nitrogen and oxygen atoms in total. The first kappa shape index (κ1) is 18.4. The molecule has 2 aliphatic heterocycles. The Kier molecular flexibility index (Phi) is 5.20. The van der Waals surface area contributed by atoms with Gasteiger partial charge < -0.3 is 4.90 Å². The predicted molar refractivity (Wildman–Crippen MR) is 99.2 cm³/mol. The molecule has 136 valence electrons. The Bertz CT molecular complexity index is 789. The van der Waals surface area contributed by atoms with E-state index in [1.54, 1.807) is 17.0 Å². The second-order valence-electron chi connectivity index (χ2n) is 6.39. The number of aliphatic imine (C=N–C) groups is 1. The van der Waals surface area contributed by atoms with E-state index in [4.69, 9.17) is 0 Å². The summed E-state index contributed by atoms with van der Waals surface area (Å²) in [7, 11) is -3.11. The van der Waals surface area contributed by atoms with Crippen molar-refractivity contribution < 1.29 is 17.6 Å². The lowest BCUT2D eigenvalue weighted by atomic mass is 10.0. The lowest BCUT2D eigenvalue weighted by Crippen LogP contribution is -2.37. The van der Waals surface area contributed by atoms with E-state index in [1.807, 2.05) is 13.8 Å². The van der Waals surface area contributed by atoms with Crippen LogP contribution in [-0.4, -0.2) is 42.3 Å². The van der Waals surface area contributed by atoms with Crippen molar-refractivity contribution in [2.75, 3.05) is 16.4 Å². The number of hydrogen-bond donors (Lipinski definition) is 0. The van der Waals surface area contributed by atoms with Crippen LogP contribution in [0.15, 0.2) is 29.3 Å². The highest BCUT2D eigenvalue weighted by Crippen LogP contribution is 2.41. The van der Waals surface area contributed by atoms with Gasteiger partial charge >= 0.3 is 0 Å². The molecule has 0 aromatic heterocycles. The molecule has 0 spiro atoms. The van der Waals surface area contributed by atoms with Crippen molar-refractivity contribution >= 4 is 38.4 Å². The van der Waals surface area contributed by atoms with Gasteiger partial charge in [-0.25, -0.2) is 12.8 Å². The van der Waals surface area contributed by atoms with Gasteiger partial charge in [-0.05, 0) is 37.1 Å². The molecule has 3 rings (SSSR count). The second-order valence-corrected chi connectivity index (χ2v) is 9.75. The van der Waals surface area contributed by atoms with Gasteiger partial charge in [-0.1, -0.05) is 25.6 Å². The van der Waals surface area contributed by atoms with Crippen molar-refractivity contribution in [1.29, 1.82) is 0 Å². The largest absolute Gasteiger partial charge is 0.316 e. The number of nitrogens with zero attached hydrogens (tertiary/aromatic N) is 2. The number of halogens is 1. The molecule has 0 aliphatic carbocycles. The van der Waals surface area contributed by atoms with E-state index in [1.165, 1.54) is 23.9 Å². The number of amides is 1. The minimum absolute atomic E-state index is 0.0280. The lowest BCUT2D eigenvalue weighted by Gasteiger charge is -2.24. The van der Waals surface area contributed by atoms with Gasteiger partial charge in [0.05, 0.1) is 17.5 Å². The van der Waals surface area contributed by atoms with Gasteiger partial charge in [0.2, 0.25) is 0 Å². The maximum Gasteiger partial charge on any atom is 0.251 e. The number of rotatable bonds is 4. The molecule has 0 N–H and O–H groups in total. The zero-order valence-electron chi connectivity index (χ0n) is 14.2. The average molecular weight is 384 g/mol. The Balaban J connectivity index is 1.97. The van der Waals surface area contributed by atoms with E-state index in [0.29, 0.717) is 23.7 Å². The predicted octanol–water partition coefficient (Wildman–Crippen LogP) is 2.86. The molecule has 25 heavy (non-hydrogen) atoms. The van der Waals surface area contributed by atoms with E-state index < -0.39 is 9.84 Å². The van der Waals surface area contributed by atoms with Crippen LogP contribution in [0.25, 0.3) is 0 Å². The summed E-state index contributed by atoms with van der Waals surface area (Å²) < 4.78 is 37.3. The van der Waals surface area contributed by atoms with Gasteiger partial charge in [-0.2, -0.15) is 4.99 Å². The zero-order valence-corrected chi connectivity index (χ0v) is 15.8. The van der Waals surface area contributed by atoms with Crippen LogP contribution in [-0.2, 0) is 14.6 Å². The van der Waals surface area contributed by atoms with Crippen LogP contribution < -0.4 is 4.90 Å². The summed E-state index contributed by atoms with van der Waals surface area (Å²) in [5.41, 5.74) is 0.662. The van der Waals surface area contributed by atoms with Crippen LogP contribution in [0.4, 0.5) is 10.1 Å². The van der Waals surface area contributed by atoms with Gasteiger partial charge in [0, 0.05) is 16.9 Å². The second kappa shape index (κ2) is 7.07. The van der Waals surface area contributed by atoms with Gasteiger partial charge in [0.25, 0.3) is 5.91 Å². The number of benzene rings is 1. The topological polar surface area (TPSA) is 66.8 Å². The van der Waals surface area contributed by atoms with Gasteiger partial charge in [-0.15, -0.1) is 0 Å². The summed E-state index contributed by atoms with van der Waals surface area (Å²) in [6, 6.07) is 5.59. The van der Waals surface area contributed by atoms with Crippen molar-refractivity contribution in [2.45, 2.75) is 38.0 Å². The third-order valence-electron chi connectivity index (χ3n) is 4.71. The highest BCUT2D eigenvalue weighted by molar-refractivity contribution is 8.16. The first-order chi connectivity index (χ1) is 11.8. The standard InChI is InChI=1S/C17H21FN2O3S2/c1-3-11(4-2)16(21)19-17-20(13-7-5-12(18)6-8-13)14-9-25(22,23)10-15(14)24-17/h5-8,11,14-15H,3-4,9-10H2,1-2H3/t14-,15+/m1/s1. The molecular formula is C17H21FN2O3S2. The highest BCUT2D eigenvalue weighted by Gasteiger charge is 2.49. The van der Waals surface area contributed by atoms with Gasteiger partial charge in [0.15, 0.2) is 15.0 Å². The third-order valence-corrected chi connectivity index (χ3v) is 7.92. The Labute approximate surface area is 151 Å². The molecule has 1 amide bonds. The minimum atomic E-state index is -3.11. The third kappa shape index (κ3) is 3.74. The first-order valence-electron chi connectivity index (χ1n) is 8.39. The number of hydrogen-bond acceptors (Lipinski definition) is 4. The molecule has 2 aliphatic rings. The van der Waals surface area contributed by atoms with Gasteiger partial charge in [-0.3, -0.25) is 4.79 Å². The number of anilines is 1. The minimum Gasteiger partial charge on any atom is -0.316 e. The summed E-state index contributed by atoms with van der Waals surface area (Å²) in [6.07, 6.45) is 1.43. The molecule has 2 heterocycles. The van der Waals surface area contributed by atoms with Crippen LogP contribution in [0.1, 0.15) is 26.7 Å². The maximum atomic E-state index is 13.3. The van der Waals surface area contributed by atoms with Crippen molar-refractivity contribution in [3.05, 3.63) is 30.1 Å². The fraction of sp³-hybridized carbons (Fsp3) is 0.529. The van der Waals surface area contributed by atoms with E-state index >= 15 is 0 Å². The Hall–Kier alpha value is -1.41. The molecule has 0 bridgehead atoms. The normalized spacial score (nSPS) is 26.4. The molecule has 1 aromatic carbocycles. The first-order valence-corrected chi connectivity index (χ1v) is 11.1. The SMILES string of the molecule is CCC(CC)C(=O)N=C1S[C@H]2CS(=O)(=O)C[C@H]2N1c1ccc(F)cc1. The highest BCUT2D eigenvalue weighted by atomic mass is 32.2. The number of thioether (sulfide) groups is 1. The zero-order chi connectivity index (χ0) is 18.2. The smallest absolute Gasteiger partial charge is 0.251 e. The monoisotopic (exact) mass is 384 g/mol. The lowest BCUT2D eigenvalue weighted by molar-refractivity contribution is -0.121. The molecular weight excluding hydrogens is 363 g/mol. The van der Waals surface area contributed by atoms with Crippen molar-refractivity contribution in [3.63, 3.8) is 0 Å². The molecule has 1 aromatic rings. The number of amidine groups is 1. The van der Waals surface area contributed by atoms with Crippen molar-refractivity contribution in [3.8, 4) is 0 Å². The van der Waals surface area contributed by atoms with Crippen LogP contribution in [0.2, 0.25) is 0 Å². The molecule has 0 radical (unpaired) electrons. The molecule has 2 saturated heterocycles. The van der Waals surface area contributed by atoms with Crippen molar-refractivity contribution in [2.24, 2.45) is 10.9 Å². The van der Waals surface area contributed by atoms with Crippen LogP contribution in [0.3, 0.4) is 0 Å². The van der Waals surface area contributed by atoms with Crippen LogP contribution in [0.5, 0.6) is 0 Å². The van der Waals surface area contributed by atoms with Crippen LogP contribution >= 0.6 is 11.8 Å². The van der Waals surface area contributed by atoms with E-state index in [2.05, 4.69) is 4.99 Å². The molecule has 0 saturated carbocycles.